The van der Waals surface area contributed by atoms with Gasteiger partial charge in [0.1, 0.15) is 23.8 Å². The number of carbonyl (C=O) groups is 2. The molecular weight excluding hydrogens is 407 g/mol. The van der Waals surface area contributed by atoms with Gasteiger partial charge < -0.3 is 19.3 Å². The van der Waals surface area contributed by atoms with Gasteiger partial charge in [-0.15, -0.1) is 0 Å². The normalized spacial score (nSPS) is 15.6. The number of hydrogen-bond donors (Lipinski definition) is 1. The zero-order chi connectivity index (χ0) is 21.7. The number of aromatic nitrogens is 2. The summed E-state index contributed by atoms with van der Waals surface area (Å²) >= 11 is 0. The highest BCUT2D eigenvalue weighted by Gasteiger charge is 2.38. The molecule has 2 aromatic rings. The second-order valence-corrected chi connectivity index (χ2v) is 7.02. The Hall–Kier alpha value is -3.11. The smallest absolute Gasteiger partial charge is 0.486 e. The first-order valence-corrected chi connectivity index (χ1v) is 9.31. The van der Waals surface area contributed by atoms with Crippen LogP contribution in [-0.4, -0.2) is 44.7 Å². The van der Waals surface area contributed by atoms with Gasteiger partial charge in [0.05, 0.1) is 12.7 Å². The molecule has 0 aromatic carbocycles. The monoisotopic (exact) mass is 427 g/mol. The van der Waals surface area contributed by atoms with Crippen LogP contribution in [0.15, 0.2) is 29.0 Å². The number of fused-ring (bicyclic) bond motifs is 1. The van der Waals surface area contributed by atoms with Gasteiger partial charge in [0.2, 0.25) is 5.91 Å². The molecule has 2 aliphatic rings. The molecule has 30 heavy (non-hydrogen) atoms. The van der Waals surface area contributed by atoms with Crippen molar-refractivity contribution in [3.05, 3.63) is 41.5 Å². The fourth-order valence-corrected chi connectivity index (χ4v) is 2.87. The SMILES string of the molecule is O=C(CC1CC1)N1CCc2onc(COc3cccnc3)c2C1.O=C(O)C(F)(F)F. The first-order valence-electron chi connectivity index (χ1n) is 9.31. The van der Waals surface area contributed by atoms with Crippen LogP contribution >= 0.6 is 0 Å². The van der Waals surface area contributed by atoms with Crippen LogP contribution in [0.2, 0.25) is 0 Å². The van der Waals surface area contributed by atoms with E-state index in [0.717, 1.165) is 30.0 Å². The number of pyridine rings is 1. The first-order chi connectivity index (χ1) is 14.2. The van der Waals surface area contributed by atoms with E-state index < -0.39 is 12.1 Å². The van der Waals surface area contributed by atoms with Crippen molar-refractivity contribution in [3.8, 4) is 5.75 Å². The lowest BCUT2D eigenvalue weighted by Crippen LogP contribution is -2.36. The first kappa shape index (κ1) is 21.6. The number of amides is 1. The molecule has 0 saturated heterocycles. The zero-order valence-electron chi connectivity index (χ0n) is 15.9. The molecule has 1 amide bonds. The number of rotatable bonds is 5. The summed E-state index contributed by atoms with van der Waals surface area (Å²) in [7, 11) is 0. The Morgan fingerprint density at radius 2 is 2.07 bits per heavy atom. The highest BCUT2D eigenvalue weighted by Crippen LogP contribution is 2.34. The molecule has 11 heteroatoms. The molecule has 8 nitrogen and oxygen atoms in total. The molecule has 1 N–H and O–H groups in total. The topological polar surface area (TPSA) is 106 Å². The molecule has 162 valence electrons. The minimum atomic E-state index is -5.08. The van der Waals surface area contributed by atoms with Crippen molar-refractivity contribution in [1.29, 1.82) is 0 Å². The summed E-state index contributed by atoms with van der Waals surface area (Å²) in [6.07, 6.45) is 2.09. The summed E-state index contributed by atoms with van der Waals surface area (Å²) < 4.78 is 42.8. The highest BCUT2D eigenvalue weighted by atomic mass is 19.4. The Kier molecular flexibility index (Phi) is 6.58. The number of hydrogen-bond acceptors (Lipinski definition) is 6. The van der Waals surface area contributed by atoms with E-state index in [1.807, 2.05) is 17.0 Å². The van der Waals surface area contributed by atoms with Crippen molar-refractivity contribution in [3.63, 3.8) is 0 Å². The molecule has 2 aromatic heterocycles. The van der Waals surface area contributed by atoms with E-state index in [1.165, 1.54) is 12.8 Å². The largest absolute Gasteiger partial charge is 0.490 e. The minimum Gasteiger partial charge on any atom is -0.486 e. The molecule has 0 atom stereocenters. The van der Waals surface area contributed by atoms with Crippen molar-refractivity contribution in [1.82, 2.24) is 15.0 Å². The molecule has 4 rings (SSSR count). The van der Waals surface area contributed by atoms with Gasteiger partial charge in [-0.25, -0.2) is 4.79 Å². The average Bonchev–Trinajstić information content (AvgIpc) is 3.43. The van der Waals surface area contributed by atoms with E-state index in [2.05, 4.69) is 10.1 Å². The van der Waals surface area contributed by atoms with Crippen molar-refractivity contribution in [2.75, 3.05) is 6.54 Å². The number of carboxylic acids is 1. The van der Waals surface area contributed by atoms with Crippen LogP contribution in [0.1, 0.15) is 36.3 Å². The standard InChI is InChI=1S/C17H19N3O3.C2HF3O2/c21-17(8-12-3-4-12)20-7-5-16-14(10-20)15(19-23-16)11-22-13-2-1-6-18-9-13;3-2(4,5)1(6)7/h1-2,6,9,12H,3-5,7-8,10-11H2;(H,6,7). The third-order valence-corrected chi connectivity index (χ3v) is 4.67. The number of aliphatic carboxylic acids is 1. The molecule has 1 aliphatic heterocycles. The maximum atomic E-state index is 12.3. The molecule has 0 radical (unpaired) electrons. The van der Waals surface area contributed by atoms with E-state index in [-0.39, 0.29) is 5.91 Å². The molecule has 1 aliphatic carbocycles. The Bertz CT molecular complexity index is 881. The van der Waals surface area contributed by atoms with Gasteiger partial charge in [0.25, 0.3) is 0 Å². The van der Waals surface area contributed by atoms with Crippen LogP contribution in [0.3, 0.4) is 0 Å². The van der Waals surface area contributed by atoms with Gasteiger partial charge in [-0.3, -0.25) is 9.78 Å². The number of nitrogens with zero attached hydrogens (tertiary/aromatic N) is 3. The van der Waals surface area contributed by atoms with Gasteiger partial charge >= 0.3 is 12.1 Å². The van der Waals surface area contributed by atoms with Crippen LogP contribution < -0.4 is 4.74 Å². The Labute approximate surface area is 169 Å². The zero-order valence-corrected chi connectivity index (χ0v) is 15.9. The maximum absolute atomic E-state index is 12.3. The van der Waals surface area contributed by atoms with E-state index in [1.54, 1.807) is 12.4 Å². The van der Waals surface area contributed by atoms with Crippen LogP contribution in [0.5, 0.6) is 5.75 Å². The predicted molar refractivity (Wildman–Crippen MR) is 95.2 cm³/mol. The fraction of sp³-hybridized carbons (Fsp3) is 0.474. The number of carbonyl (C=O) groups excluding carboxylic acids is 1. The second-order valence-electron chi connectivity index (χ2n) is 7.02. The van der Waals surface area contributed by atoms with Gasteiger partial charge in [-0.05, 0) is 30.9 Å². The number of alkyl halides is 3. The summed E-state index contributed by atoms with van der Waals surface area (Å²) in [6, 6.07) is 3.68. The van der Waals surface area contributed by atoms with Gasteiger partial charge in [-0.2, -0.15) is 13.2 Å². The van der Waals surface area contributed by atoms with E-state index in [4.69, 9.17) is 19.2 Å². The summed E-state index contributed by atoms with van der Waals surface area (Å²) in [4.78, 5) is 27.1. The van der Waals surface area contributed by atoms with Crippen molar-refractivity contribution in [2.24, 2.45) is 5.92 Å². The third kappa shape index (κ3) is 5.94. The van der Waals surface area contributed by atoms with Crippen LogP contribution in [0, 0.1) is 5.92 Å². The van der Waals surface area contributed by atoms with E-state index >= 15 is 0 Å². The lowest BCUT2D eigenvalue weighted by molar-refractivity contribution is -0.192. The third-order valence-electron chi connectivity index (χ3n) is 4.67. The Morgan fingerprint density at radius 3 is 2.67 bits per heavy atom. The molecule has 0 bridgehead atoms. The van der Waals surface area contributed by atoms with Crippen LogP contribution in [0.25, 0.3) is 0 Å². The van der Waals surface area contributed by atoms with Crippen molar-refractivity contribution >= 4 is 11.9 Å². The van der Waals surface area contributed by atoms with E-state index in [9.17, 15) is 18.0 Å². The number of carboxylic acid groups (broad SMARTS) is 1. The van der Waals surface area contributed by atoms with Crippen LogP contribution in [0.4, 0.5) is 13.2 Å². The summed E-state index contributed by atoms with van der Waals surface area (Å²) in [5.41, 5.74) is 1.78. The van der Waals surface area contributed by atoms with Crippen molar-refractivity contribution < 1.29 is 37.1 Å². The van der Waals surface area contributed by atoms with Gasteiger partial charge in [-0.1, -0.05) is 5.16 Å². The fourth-order valence-electron chi connectivity index (χ4n) is 2.87. The van der Waals surface area contributed by atoms with Crippen LogP contribution in [-0.2, 0) is 29.2 Å². The Morgan fingerprint density at radius 1 is 1.33 bits per heavy atom. The minimum absolute atomic E-state index is 0.249. The summed E-state index contributed by atoms with van der Waals surface area (Å²) in [5.74, 6) is -0.322. The quantitative estimate of drug-likeness (QED) is 0.782. The second kappa shape index (κ2) is 9.14. The summed E-state index contributed by atoms with van der Waals surface area (Å²) in [5, 5.41) is 11.2. The predicted octanol–water partition coefficient (Wildman–Crippen LogP) is 2.97. The lowest BCUT2D eigenvalue weighted by Gasteiger charge is -2.26. The number of halogens is 3. The summed E-state index contributed by atoms with van der Waals surface area (Å²) in [6.45, 7) is 1.63. The molecule has 0 unspecified atom stereocenters. The highest BCUT2D eigenvalue weighted by molar-refractivity contribution is 5.77. The average molecular weight is 427 g/mol. The van der Waals surface area contributed by atoms with E-state index in [0.29, 0.717) is 31.2 Å². The number of ether oxygens (including phenoxy) is 1. The van der Waals surface area contributed by atoms with Gasteiger partial charge in [0.15, 0.2) is 0 Å². The molecule has 0 spiro atoms. The molecule has 1 fully saturated rings. The maximum Gasteiger partial charge on any atom is 0.490 e. The lowest BCUT2D eigenvalue weighted by atomic mass is 10.1. The van der Waals surface area contributed by atoms with Gasteiger partial charge in [0, 0.05) is 31.1 Å². The molecule has 1 saturated carbocycles. The Balaban J connectivity index is 0.000000318. The molecular formula is C19H20F3N3O5. The van der Waals surface area contributed by atoms with Crippen molar-refractivity contribution in [2.45, 2.75) is 45.0 Å². The molecule has 3 heterocycles.